The number of benzene rings is 2. The van der Waals surface area contributed by atoms with Crippen LogP contribution in [0.5, 0.6) is 5.75 Å². The number of carbonyl (C=O) groups is 2. The second-order valence-corrected chi connectivity index (χ2v) is 6.08. The lowest BCUT2D eigenvalue weighted by molar-refractivity contribution is -0.132. The van der Waals surface area contributed by atoms with Crippen LogP contribution in [0.4, 0.5) is 0 Å². The Morgan fingerprint density at radius 3 is 2.56 bits per heavy atom. The molecule has 25 heavy (non-hydrogen) atoms. The minimum absolute atomic E-state index is 0.328. The highest BCUT2D eigenvalue weighted by Gasteiger charge is 2.22. The van der Waals surface area contributed by atoms with Gasteiger partial charge in [-0.25, -0.2) is 4.79 Å². The Hall–Kier alpha value is -2.85. The van der Waals surface area contributed by atoms with Gasteiger partial charge in [0.1, 0.15) is 11.5 Å². The van der Waals surface area contributed by atoms with Gasteiger partial charge in [-0.3, -0.25) is 4.79 Å². The number of aryl methyl sites for hydroxylation is 1. The predicted molar refractivity (Wildman–Crippen MR) is 96.0 cm³/mol. The molecular formula is C20H15ClO4. The molecule has 0 saturated heterocycles. The fourth-order valence-electron chi connectivity index (χ4n) is 2.40. The highest BCUT2D eigenvalue weighted by atomic mass is 35.5. The summed E-state index contributed by atoms with van der Waals surface area (Å²) in [5.41, 5.74) is 2.81. The van der Waals surface area contributed by atoms with E-state index in [2.05, 4.69) is 0 Å². The summed E-state index contributed by atoms with van der Waals surface area (Å²) in [7, 11) is 0. The minimum atomic E-state index is -0.468. The highest BCUT2D eigenvalue weighted by Crippen LogP contribution is 2.31. The Labute approximate surface area is 150 Å². The van der Waals surface area contributed by atoms with E-state index in [9.17, 15) is 9.59 Å². The summed E-state index contributed by atoms with van der Waals surface area (Å²) in [4.78, 5) is 23.4. The zero-order valence-electron chi connectivity index (χ0n) is 13.7. The van der Waals surface area contributed by atoms with E-state index >= 15 is 0 Å². The third kappa shape index (κ3) is 3.98. The van der Waals surface area contributed by atoms with E-state index in [1.807, 2.05) is 31.2 Å². The van der Waals surface area contributed by atoms with E-state index in [4.69, 9.17) is 21.1 Å². The first-order valence-corrected chi connectivity index (χ1v) is 8.01. The molecule has 0 atom stereocenters. The maximum Gasteiger partial charge on any atom is 0.343 e. The molecule has 4 nitrogen and oxygen atoms in total. The second kappa shape index (κ2) is 6.95. The molecule has 1 aliphatic heterocycles. The molecule has 3 rings (SSSR count). The third-order valence-electron chi connectivity index (χ3n) is 3.60. The molecule has 0 radical (unpaired) electrons. The fraction of sp³-hybridized carbons (Fsp3) is 0.100. The van der Waals surface area contributed by atoms with Gasteiger partial charge in [0, 0.05) is 23.1 Å². The highest BCUT2D eigenvalue weighted by molar-refractivity contribution is 6.30. The first-order valence-electron chi connectivity index (χ1n) is 7.63. The molecule has 2 aromatic rings. The predicted octanol–water partition coefficient (Wildman–Crippen LogP) is 4.56. The summed E-state index contributed by atoms with van der Waals surface area (Å²) in [6.45, 7) is 3.30. The van der Waals surface area contributed by atoms with Gasteiger partial charge < -0.3 is 9.47 Å². The Morgan fingerprint density at radius 1 is 1.16 bits per heavy atom. The van der Waals surface area contributed by atoms with Crippen LogP contribution < -0.4 is 4.74 Å². The molecule has 0 spiro atoms. The van der Waals surface area contributed by atoms with Crippen molar-refractivity contribution in [2.45, 2.75) is 13.8 Å². The summed E-state index contributed by atoms with van der Waals surface area (Å²) < 4.78 is 10.5. The van der Waals surface area contributed by atoms with E-state index in [0.717, 1.165) is 11.1 Å². The van der Waals surface area contributed by atoms with Gasteiger partial charge in [-0.2, -0.15) is 0 Å². The van der Waals surface area contributed by atoms with Crippen LogP contribution in [0.25, 0.3) is 11.8 Å². The van der Waals surface area contributed by atoms with Gasteiger partial charge in [0.2, 0.25) is 0 Å². The Morgan fingerprint density at radius 2 is 1.88 bits per heavy atom. The van der Waals surface area contributed by atoms with Gasteiger partial charge in [0.05, 0.1) is 5.57 Å². The Kier molecular flexibility index (Phi) is 4.72. The molecule has 0 unspecified atom stereocenters. The molecule has 5 heteroatoms. The smallest absolute Gasteiger partial charge is 0.343 e. The summed E-state index contributed by atoms with van der Waals surface area (Å²) in [6.07, 6.45) is 3.25. The van der Waals surface area contributed by atoms with Crippen LogP contribution in [0.2, 0.25) is 5.02 Å². The van der Waals surface area contributed by atoms with Crippen molar-refractivity contribution in [3.8, 4) is 5.75 Å². The average molecular weight is 355 g/mol. The third-order valence-corrected chi connectivity index (χ3v) is 3.83. The molecule has 0 N–H and O–H groups in total. The zero-order chi connectivity index (χ0) is 18.0. The van der Waals surface area contributed by atoms with Gasteiger partial charge >= 0.3 is 11.9 Å². The lowest BCUT2D eigenvalue weighted by Gasteiger charge is -2.06. The first kappa shape index (κ1) is 17.0. The maximum atomic E-state index is 12.2. The normalized spacial score (nSPS) is 15.1. The summed E-state index contributed by atoms with van der Waals surface area (Å²) >= 11 is 6.01. The molecule has 0 bridgehead atoms. The minimum Gasteiger partial charge on any atom is -0.426 e. The van der Waals surface area contributed by atoms with Crippen LogP contribution in [-0.4, -0.2) is 11.9 Å². The van der Waals surface area contributed by atoms with Gasteiger partial charge in [0.25, 0.3) is 0 Å². The molecule has 0 saturated carbocycles. The molecule has 0 amide bonds. The number of hydrogen-bond donors (Lipinski definition) is 0. The van der Waals surface area contributed by atoms with Crippen LogP contribution >= 0.6 is 11.6 Å². The fourth-order valence-corrected chi connectivity index (χ4v) is 2.58. The number of ether oxygens (including phenoxy) is 2. The van der Waals surface area contributed by atoms with E-state index in [1.54, 1.807) is 30.4 Å². The number of carbonyl (C=O) groups excluding carboxylic acids is 2. The standard InChI is InChI=1S/C20H15ClO4/c1-12-3-5-14(6-4-12)19-11-16(20(23)25-19)9-15-10-17(21)7-8-18(15)24-13(2)22/h3-11H,1-2H3/b16-9+. The lowest BCUT2D eigenvalue weighted by atomic mass is 10.1. The molecule has 0 aromatic heterocycles. The van der Waals surface area contributed by atoms with Crippen LogP contribution in [0.3, 0.4) is 0 Å². The summed E-state index contributed by atoms with van der Waals surface area (Å²) in [6, 6.07) is 12.5. The van der Waals surface area contributed by atoms with E-state index < -0.39 is 11.9 Å². The van der Waals surface area contributed by atoms with Crippen LogP contribution in [0.15, 0.2) is 54.1 Å². The van der Waals surface area contributed by atoms with Gasteiger partial charge in [-0.05, 0) is 37.3 Å². The average Bonchev–Trinajstić information content (AvgIpc) is 2.91. The van der Waals surface area contributed by atoms with Gasteiger partial charge in [-0.15, -0.1) is 0 Å². The van der Waals surface area contributed by atoms with Crippen molar-refractivity contribution in [2.75, 3.05) is 0 Å². The Balaban J connectivity index is 1.98. The lowest BCUT2D eigenvalue weighted by Crippen LogP contribution is -2.03. The number of hydrogen-bond acceptors (Lipinski definition) is 4. The van der Waals surface area contributed by atoms with Crippen LogP contribution in [-0.2, 0) is 14.3 Å². The zero-order valence-corrected chi connectivity index (χ0v) is 14.5. The molecule has 2 aromatic carbocycles. The van der Waals surface area contributed by atoms with E-state index in [-0.39, 0.29) is 0 Å². The van der Waals surface area contributed by atoms with Crippen molar-refractivity contribution in [3.05, 3.63) is 75.8 Å². The summed E-state index contributed by atoms with van der Waals surface area (Å²) in [5, 5.41) is 0.469. The SMILES string of the molecule is CC(=O)Oc1ccc(Cl)cc1/C=C1\C=C(c2ccc(C)cc2)OC1=O. The maximum absolute atomic E-state index is 12.2. The number of cyclic esters (lactones) is 1. The largest absolute Gasteiger partial charge is 0.426 e. The van der Waals surface area contributed by atoms with Crippen molar-refractivity contribution in [1.29, 1.82) is 0 Å². The number of halogens is 1. The monoisotopic (exact) mass is 354 g/mol. The molecule has 0 fully saturated rings. The summed E-state index contributed by atoms with van der Waals surface area (Å²) in [5.74, 6) is -0.113. The molecule has 0 aliphatic carbocycles. The Bertz CT molecular complexity index is 908. The molecular weight excluding hydrogens is 340 g/mol. The first-order chi connectivity index (χ1) is 11.9. The van der Waals surface area contributed by atoms with Crippen LogP contribution in [0, 0.1) is 6.92 Å². The number of esters is 2. The van der Waals surface area contributed by atoms with Crippen molar-refractivity contribution < 1.29 is 19.1 Å². The van der Waals surface area contributed by atoms with Crippen LogP contribution in [0.1, 0.15) is 23.6 Å². The van der Waals surface area contributed by atoms with E-state index in [0.29, 0.717) is 27.7 Å². The van der Waals surface area contributed by atoms with Gasteiger partial charge in [-0.1, -0.05) is 41.4 Å². The van der Waals surface area contributed by atoms with Gasteiger partial charge in [0.15, 0.2) is 0 Å². The topological polar surface area (TPSA) is 52.6 Å². The van der Waals surface area contributed by atoms with E-state index in [1.165, 1.54) is 6.92 Å². The molecule has 1 aliphatic rings. The quantitative estimate of drug-likeness (QED) is 0.461. The molecule has 126 valence electrons. The van der Waals surface area contributed by atoms with Crippen molar-refractivity contribution in [2.24, 2.45) is 0 Å². The van der Waals surface area contributed by atoms with Crippen molar-refractivity contribution >= 4 is 35.4 Å². The van der Waals surface area contributed by atoms with Crippen molar-refractivity contribution in [1.82, 2.24) is 0 Å². The number of rotatable bonds is 3. The van der Waals surface area contributed by atoms with Crippen molar-refractivity contribution in [3.63, 3.8) is 0 Å². The molecule has 1 heterocycles. The second-order valence-electron chi connectivity index (χ2n) is 5.64.